The van der Waals surface area contributed by atoms with Gasteiger partial charge in [0.25, 0.3) is 0 Å². The number of rotatable bonds is 6. The lowest BCUT2D eigenvalue weighted by atomic mass is 10.0. The maximum atomic E-state index is 13.7. The summed E-state index contributed by atoms with van der Waals surface area (Å²) < 4.78 is 12.1. The summed E-state index contributed by atoms with van der Waals surface area (Å²) in [6.07, 6.45) is 5.72. The molecule has 4 atom stereocenters. The maximum Gasteiger partial charge on any atom is 0.329 e. The number of aliphatic carboxylic acids is 1. The number of ether oxygens (including phenoxy) is 2. The van der Waals surface area contributed by atoms with E-state index in [1.165, 1.54) is 16.2 Å². The van der Waals surface area contributed by atoms with E-state index in [9.17, 15) is 19.5 Å². The highest BCUT2D eigenvalue weighted by molar-refractivity contribution is 7.13. The van der Waals surface area contributed by atoms with Crippen molar-refractivity contribution in [3.63, 3.8) is 0 Å². The summed E-state index contributed by atoms with van der Waals surface area (Å²) in [5, 5.41) is 19.5. The van der Waals surface area contributed by atoms with Crippen LogP contribution in [0.1, 0.15) is 76.8 Å². The Kier molecular flexibility index (Phi) is 8.85. The largest absolute Gasteiger partial charge is 0.497 e. The van der Waals surface area contributed by atoms with Gasteiger partial charge >= 0.3 is 12.0 Å². The Morgan fingerprint density at radius 3 is 2.69 bits per heavy atom. The number of benzene rings is 1. The number of nitrogens with one attached hydrogen (secondary N) is 2. The molecule has 6 rings (SSSR count). The fourth-order valence-electron chi connectivity index (χ4n) is 6.51. The van der Waals surface area contributed by atoms with Crippen LogP contribution in [0.4, 0.5) is 4.79 Å². The van der Waals surface area contributed by atoms with Crippen LogP contribution in [0.2, 0.25) is 0 Å². The van der Waals surface area contributed by atoms with Crippen molar-refractivity contribution >= 4 is 40.1 Å². The lowest BCUT2D eigenvalue weighted by Crippen LogP contribution is -2.54. The van der Waals surface area contributed by atoms with Gasteiger partial charge in [0, 0.05) is 35.9 Å². The van der Waals surface area contributed by atoms with Crippen LogP contribution < -0.4 is 20.1 Å². The minimum Gasteiger partial charge on any atom is -0.497 e. The number of aromatic nitrogens is 2. The predicted octanol–water partition coefficient (Wildman–Crippen LogP) is 5.34. The summed E-state index contributed by atoms with van der Waals surface area (Å²) >= 11 is 1.52. The van der Waals surface area contributed by atoms with Gasteiger partial charge in [-0.3, -0.25) is 4.79 Å². The zero-order valence-corrected chi connectivity index (χ0v) is 26.8. The number of amides is 3. The molecular formula is C33H41N5O6S. The molecular weight excluding hydrogens is 594 g/mol. The number of thiazole rings is 1. The van der Waals surface area contributed by atoms with Crippen LogP contribution in [0.15, 0.2) is 29.6 Å². The van der Waals surface area contributed by atoms with Crippen LogP contribution in [0.5, 0.6) is 11.5 Å². The average molecular weight is 636 g/mol. The minimum atomic E-state index is -1.27. The molecule has 240 valence electrons. The lowest BCUT2D eigenvalue weighted by Gasteiger charge is -2.25. The Labute approximate surface area is 266 Å². The van der Waals surface area contributed by atoms with E-state index in [1.807, 2.05) is 29.6 Å². The van der Waals surface area contributed by atoms with Crippen LogP contribution in [0, 0.1) is 5.92 Å². The van der Waals surface area contributed by atoms with E-state index in [1.54, 1.807) is 7.11 Å². The first kappa shape index (κ1) is 31.1. The Morgan fingerprint density at radius 2 is 1.93 bits per heavy atom. The first-order valence-corrected chi connectivity index (χ1v) is 16.8. The Bertz CT molecular complexity index is 1590. The molecule has 2 aliphatic heterocycles. The molecule has 12 heteroatoms. The summed E-state index contributed by atoms with van der Waals surface area (Å²) in [6, 6.07) is 6.23. The predicted molar refractivity (Wildman–Crippen MR) is 171 cm³/mol. The molecule has 4 heterocycles. The molecule has 3 N–H and O–H groups in total. The molecule has 0 bridgehead atoms. The van der Waals surface area contributed by atoms with Gasteiger partial charge in [0.1, 0.15) is 39.9 Å². The fraction of sp³-hybridized carbons (Fsp3) is 0.545. The second-order valence-electron chi connectivity index (χ2n) is 12.7. The first-order valence-electron chi connectivity index (χ1n) is 15.9. The Hall–Kier alpha value is -3.93. The highest BCUT2D eigenvalue weighted by Crippen LogP contribution is 2.47. The van der Waals surface area contributed by atoms with Crippen molar-refractivity contribution in [2.75, 3.05) is 20.2 Å². The average Bonchev–Trinajstić information content (AvgIpc) is 3.33. The molecule has 0 spiro atoms. The molecule has 45 heavy (non-hydrogen) atoms. The summed E-state index contributed by atoms with van der Waals surface area (Å²) in [5.41, 5.74) is 1.05. The third-order valence-corrected chi connectivity index (χ3v) is 10.2. The first-order chi connectivity index (χ1) is 21.7. The van der Waals surface area contributed by atoms with E-state index in [2.05, 4.69) is 24.5 Å². The van der Waals surface area contributed by atoms with Gasteiger partial charge < -0.3 is 30.1 Å². The lowest BCUT2D eigenvalue weighted by molar-refractivity contribution is -0.144. The number of carboxylic acid groups (broad SMARTS) is 1. The number of fused-ring (bicyclic) bond motifs is 3. The van der Waals surface area contributed by atoms with Gasteiger partial charge in [-0.25, -0.2) is 19.6 Å². The van der Waals surface area contributed by atoms with Crippen LogP contribution in [0.25, 0.3) is 21.6 Å². The van der Waals surface area contributed by atoms with Crippen molar-refractivity contribution in [2.45, 2.75) is 88.8 Å². The second-order valence-corrected chi connectivity index (χ2v) is 13.6. The minimum absolute atomic E-state index is 0.0968. The molecule has 3 fully saturated rings. The maximum absolute atomic E-state index is 13.7. The summed E-state index contributed by atoms with van der Waals surface area (Å²) in [4.78, 5) is 50.6. The molecule has 3 amide bonds. The number of methoxy groups -OCH3 is 1. The zero-order valence-electron chi connectivity index (χ0n) is 26.0. The molecule has 11 nitrogen and oxygen atoms in total. The van der Waals surface area contributed by atoms with E-state index in [0.29, 0.717) is 35.7 Å². The number of pyridine rings is 1. The molecule has 1 aromatic carbocycles. The second kappa shape index (κ2) is 12.8. The molecule has 2 aromatic heterocycles. The van der Waals surface area contributed by atoms with Crippen molar-refractivity contribution in [1.82, 2.24) is 25.5 Å². The molecule has 3 aromatic rings. The third kappa shape index (κ3) is 6.43. The van der Waals surface area contributed by atoms with Crippen LogP contribution in [-0.2, 0) is 9.59 Å². The van der Waals surface area contributed by atoms with Crippen molar-refractivity contribution in [1.29, 1.82) is 0 Å². The van der Waals surface area contributed by atoms with Crippen molar-refractivity contribution < 1.29 is 29.0 Å². The number of carboxylic acids is 1. The number of carbonyl (C=O) groups excluding carboxylic acids is 2. The summed E-state index contributed by atoms with van der Waals surface area (Å²) in [5.74, 6) is -0.0618. The van der Waals surface area contributed by atoms with Gasteiger partial charge in [-0.15, -0.1) is 11.3 Å². The zero-order chi connectivity index (χ0) is 31.7. The van der Waals surface area contributed by atoms with E-state index in [-0.39, 0.29) is 30.8 Å². The van der Waals surface area contributed by atoms with Gasteiger partial charge in [-0.2, -0.15) is 0 Å². The molecule has 0 unspecified atom stereocenters. The molecule has 2 saturated heterocycles. The molecule has 1 saturated carbocycles. The number of hydrogen-bond donors (Lipinski definition) is 3. The number of hydrogen-bond acceptors (Lipinski definition) is 8. The van der Waals surface area contributed by atoms with Gasteiger partial charge in [0.05, 0.1) is 24.9 Å². The van der Waals surface area contributed by atoms with E-state index in [4.69, 9.17) is 19.4 Å². The standard InChI is InChI=1S/C33H41N5O6S/c1-19(2)26-18-45-30(36-26)25-15-28(23-11-10-21(43-3)13-24(23)35-25)44-22-14-27-29(39)37-33(31(40)41)16-20(33)9-7-5-4-6-8-12-34-32(42)38(27)17-22/h10-11,13,15,18-20,22,27H,4-9,12,14,16-17H2,1-3H3,(H,34,42)(H,37,39)(H,40,41)/t20-,22+,27-,33+/m0/s1. The number of nitrogens with zero attached hydrogens (tertiary/aromatic N) is 3. The van der Waals surface area contributed by atoms with Crippen LogP contribution in [0.3, 0.4) is 0 Å². The highest BCUT2D eigenvalue weighted by Gasteiger charge is 2.62. The van der Waals surface area contributed by atoms with E-state index >= 15 is 0 Å². The molecule has 0 radical (unpaired) electrons. The summed E-state index contributed by atoms with van der Waals surface area (Å²) in [7, 11) is 1.60. The van der Waals surface area contributed by atoms with Crippen molar-refractivity contribution in [3.05, 3.63) is 35.3 Å². The van der Waals surface area contributed by atoms with Crippen molar-refractivity contribution in [3.8, 4) is 22.2 Å². The fourth-order valence-corrected chi connectivity index (χ4v) is 7.45. The normalized spacial score (nSPS) is 25.9. The van der Waals surface area contributed by atoms with Crippen LogP contribution >= 0.6 is 11.3 Å². The van der Waals surface area contributed by atoms with Gasteiger partial charge in [-0.1, -0.05) is 39.5 Å². The van der Waals surface area contributed by atoms with Gasteiger partial charge in [0.15, 0.2) is 0 Å². The van der Waals surface area contributed by atoms with Gasteiger partial charge in [0.2, 0.25) is 5.91 Å². The quantitative estimate of drug-likeness (QED) is 0.330. The van der Waals surface area contributed by atoms with Crippen LogP contribution in [-0.4, -0.2) is 75.8 Å². The third-order valence-electron chi connectivity index (χ3n) is 9.27. The van der Waals surface area contributed by atoms with Gasteiger partial charge in [-0.05, 0) is 43.2 Å². The SMILES string of the molecule is COc1ccc2c(O[C@@H]3C[C@H]4C(=O)N[C@]5(C(=O)O)C[C@@H]5CCCCCCCNC(=O)N4C3)cc(-c3nc(C(C)C)cs3)nc2c1. The molecule has 1 aliphatic carbocycles. The topological polar surface area (TPSA) is 143 Å². The van der Waals surface area contributed by atoms with Crippen molar-refractivity contribution in [2.24, 2.45) is 5.92 Å². The molecule has 3 aliphatic rings. The van der Waals surface area contributed by atoms with E-state index in [0.717, 1.165) is 54.6 Å². The monoisotopic (exact) mass is 635 g/mol. The Morgan fingerprint density at radius 1 is 1.13 bits per heavy atom. The summed E-state index contributed by atoms with van der Waals surface area (Å²) in [6.45, 7) is 4.88. The number of urea groups is 1. The number of carbonyl (C=O) groups is 3. The highest BCUT2D eigenvalue weighted by atomic mass is 32.1. The smallest absolute Gasteiger partial charge is 0.329 e. The Balaban J connectivity index is 1.30. The van der Waals surface area contributed by atoms with E-state index < -0.39 is 29.6 Å².